The Hall–Kier alpha value is -0.890. The summed E-state index contributed by atoms with van der Waals surface area (Å²) in [4.78, 5) is 10.4. The maximum absolute atomic E-state index is 10.8. The minimum Gasteiger partial charge on any atom is -0.393 e. The van der Waals surface area contributed by atoms with Crippen molar-refractivity contribution >= 4 is 34.0 Å². The number of benzene rings is 1. The lowest BCUT2D eigenvalue weighted by Gasteiger charge is -2.32. The maximum Gasteiger partial charge on any atom is 0.293 e. The molecular formula is C10H11IN2O3. The van der Waals surface area contributed by atoms with Crippen LogP contribution in [0.25, 0.3) is 0 Å². The van der Waals surface area contributed by atoms with E-state index in [0.29, 0.717) is 18.5 Å². The van der Waals surface area contributed by atoms with Crippen LogP contribution in [0.5, 0.6) is 0 Å². The lowest BCUT2D eigenvalue weighted by molar-refractivity contribution is -0.384. The zero-order valence-corrected chi connectivity index (χ0v) is 10.5. The Kier molecular flexibility index (Phi) is 3.29. The fourth-order valence-corrected chi connectivity index (χ4v) is 2.18. The molecule has 0 spiro atoms. The van der Waals surface area contributed by atoms with E-state index < -0.39 is 0 Å². The Bertz CT molecular complexity index is 419. The number of nitro groups is 1. The smallest absolute Gasteiger partial charge is 0.293 e. The van der Waals surface area contributed by atoms with Crippen LogP contribution >= 0.6 is 22.6 Å². The van der Waals surface area contributed by atoms with Crippen molar-refractivity contribution in [2.45, 2.75) is 25.0 Å². The topological polar surface area (TPSA) is 75.4 Å². The molecule has 16 heavy (non-hydrogen) atoms. The van der Waals surface area contributed by atoms with Crippen molar-refractivity contribution in [1.82, 2.24) is 0 Å². The lowest BCUT2D eigenvalue weighted by atomic mass is 9.89. The van der Waals surface area contributed by atoms with Crippen LogP contribution in [0.15, 0.2) is 18.2 Å². The summed E-state index contributed by atoms with van der Waals surface area (Å²) in [5, 5.41) is 23.1. The summed E-state index contributed by atoms with van der Waals surface area (Å²) in [7, 11) is 0. The van der Waals surface area contributed by atoms with Gasteiger partial charge in [-0.3, -0.25) is 10.1 Å². The van der Waals surface area contributed by atoms with Gasteiger partial charge in [0.2, 0.25) is 0 Å². The molecule has 86 valence electrons. The van der Waals surface area contributed by atoms with Gasteiger partial charge < -0.3 is 10.4 Å². The molecule has 0 atom stereocenters. The molecule has 1 fully saturated rings. The monoisotopic (exact) mass is 334 g/mol. The van der Waals surface area contributed by atoms with Gasteiger partial charge in [-0.25, -0.2) is 0 Å². The van der Waals surface area contributed by atoms with Gasteiger partial charge in [0.1, 0.15) is 5.69 Å². The number of nitro benzene ring substituents is 1. The molecular weight excluding hydrogens is 323 g/mol. The number of halogens is 1. The second-order valence-electron chi connectivity index (χ2n) is 3.89. The van der Waals surface area contributed by atoms with E-state index in [1.54, 1.807) is 6.07 Å². The van der Waals surface area contributed by atoms with Gasteiger partial charge in [-0.1, -0.05) is 0 Å². The molecule has 0 unspecified atom stereocenters. The second kappa shape index (κ2) is 4.54. The van der Waals surface area contributed by atoms with Crippen LogP contribution in [-0.2, 0) is 0 Å². The molecule has 0 amide bonds. The van der Waals surface area contributed by atoms with Crippen LogP contribution in [0.3, 0.4) is 0 Å². The van der Waals surface area contributed by atoms with Gasteiger partial charge >= 0.3 is 0 Å². The van der Waals surface area contributed by atoms with Crippen LogP contribution in [0.1, 0.15) is 12.8 Å². The molecule has 1 saturated carbocycles. The molecule has 0 aromatic heterocycles. The largest absolute Gasteiger partial charge is 0.393 e. The molecule has 0 radical (unpaired) electrons. The summed E-state index contributed by atoms with van der Waals surface area (Å²) < 4.78 is 0.837. The summed E-state index contributed by atoms with van der Waals surface area (Å²) in [6.45, 7) is 0. The van der Waals surface area contributed by atoms with Gasteiger partial charge in [0, 0.05) is 15.7 Å². The van der Waals surface area contributed by atoms with Gasteiger partial charge in [0.25, 0.3) is 5.69 Å². The normalized spacial score (nSPS) is 23.6. The summed E-state index contributed by atoms with van der Waals surface area (Å²) >= 11 is 2.04. The Labute approximate surface area is 106 Å². The highest BCUT2D eigenvalue weighted by atomic mass is 127. The van der Waals surface area contributed by atoms with Gasteiger partial charge in [0.15, 0.2) is 0 Å². The van der Waals surface area contributed by atoms with Crippen molar-refractivity contribution < 1.29 is 10.0 Å². The van der Waals surface area contributed by atoms with Gasteiger partial charge in [-0.15, -0.1) is 0 Å². The predicted octanol–water partition coefficient (Wildman–Crippen LogP) is 2.13. The van der Waals surface area contributed by atoms with Crippen molar-refractivity contribution in [1.29, 1.82) is 0 Å². The van der Waals surface area contributed by atoms with E-state index in [2.05, 4.69) is 5.32 Å². The highest BCUT2D eigenvalue weighted by Gasteiger charge is 2.28. The van der Waals surface area contributed by atoms with E-state index in [-0.39, 0.29) is 22.8 Å². The Morgan fingerprint density at radius 2 is 2.19 bits per heavy atom. The molecule has 0 aliphatic heterocycles. The highest BCUT2D eigenvalue weighted by molar-refractivity contribution is 14.1. The van der Waals surface area contributed by atoms with Crippen LogP contribution < -0.4 is 5.32 Å². The number of hydrogen-bond donors (Lipinski definition) is 2. The van der Waals surface area contributed by atoms with E-state index in [4.69, 9.17) is 5.11 Å². The van der Waals surface area contributed by atoms with Crippen molar-refractivity contribution in [3.63, 3.8) is 0 Å². The molecule has 2 rings (SSSR count). The van der Waals surface area contributed by atoms with Gasteiger partial charge in [-0.05, 0) is 47.6 Å². The highest BCUT2D eigenvalue weighted by Crippen LogP contribution is 2.30. The van der Waals surface area contributed by atoms with Crippen molar-refractivity contribution in [3.8, 4) is 0 Å². The lowest BCUT2D eigenvalue weighted by Crippen LogP contribution is -2.39. The van der Waals surface area contributed by atoms with E-state index in [1.165, 1.54) is 6.07 Å². The first-order chi connectivity index (χ1) is 7.56. The molecule has 1 aromatic carbocycles. The number of aliphatic hydroxyl groups is 1. The zero-order chi connectivity index (χ0) is 11.7. The molecule has 0 saturated heterocycles. The van der Waals surface area contributed by atoms with Gasteiger partial charge in [-0.2, -0.15) is 0 Å². The van der Waals surface area contributed by atoms with E-state index >= 15 is 0 Å². The number of nitrogens with one attached hydrogen (secondary N) is 1. The summed E-state index contributed by atoms with van der Waals surface area (Å²) in [6.07, 6.45) is 1.05. The molecule has 1 aliphatic rings. The first kappa shape index (κ1) is 11.6. The standard InChI is InChI=1S/C10H11IN2O3/c11-6-1-2-9(10(3-6)13(15)16)12-7-4-8(14)5-7/h1-3,7-8,12,14H,4-5H2. The first-order valence-electron chi connectivity index (χ1n) is 4.95. The van der Waals surface area contributed by atoms with Crippen LogP contribution in [0, 0.1) is 13.7 Å². The summed E-state index contributed by atoms with van der Waals surface area (Å²) in [5.74, 6) is 0. The van der Waals surface area contributed by atoms with Crippen LogP contribution in [-0.4, -0.2) is 22.2 Å². The van der Waals surface area contributed by atoms with Crippen molar-refractivity contribution in [3.05, 3.63) is 31.9 Å². The van der Waals surface area contributed by atoms with E-state index in [9.17, 15) is 10.1 Å². The summed E-state index contributed by atoms with van der Waals surface area (Å²) in [6, 6.07) is 5.22. The van der Waals surface area contributed by atoms with Crippen molar-refractivity contribution in [2.24, 2.45) is 0 Å². The van der Waals surface area contributed by atoms with Crippen LogP contribution in [0.2, 0.25) is 0 Å². The number of anilines is 1. The molecule has 2 N–H and O–H groups in total. The fraction of sp³-hybridized carbons (Fsp3) is 0.400. The average molecular weight is 334 g/mol. The van der Waals surface area contributed by atoms with Crippen LogP contribution in [0.4, 0.5) is 11.4 Å². The number of nitrogens with zero attached hydrogens (tertiary/aromatic N) is 1. The third-order valence-corrected chi connectivity index (χ3v) is 3.30. The Morgan fingerprint density at radius 1 is 1.50 bits per heavy atom. The molecule has 1 aromatic rings. The molecule has 6 heteroatoms. The Morgan fingerprint density at radius 3 is 2.75 bits per heavy atom. The fourth-order valence-electron chi connectivity index (χ4n) is 1.70. The average Bonchev–Trinajstić information content (AvgIpc) is 2.17. The Balaban J connectivity index is 2.16. The maximum atomic E-state index is 10.8. The number of hydrogen-bond acceptors (Lipinski definition) is 4. The SMILES string of the molecule is O=[N+]([O-])c1cc(I)ccc1NC1CC(O)C1. The molecule has 5 nitrogen and oxygen atoms in total. The minimum atomic E-state index is -0.389. The quantitative estimate of drug-likeness (QED) is 0.504. The molecule has 0 bridgehead atoms. The molecule has 0 heterocycles. The third-order valence-electron chi connectivity index (χ3n) is 2.63. The predicted molar refractivity (Wildman–Crippen MR) is 68.5 cm³/mol. The summed E-state index contributed by atoms with van der Waals surface area (Å²) in [5.41, 5.74) is 0.621. The zero-order valence-electron chi connectivity index (χ0n) is 8.39. The third kappa shape index (κ3) is 2.43. The number of aliphatic hydroxyl groups excluding tert-OH is 1. The van der Waals surface area contributed by atoms with E-state index in [0.717, 1.165) is 3.57 Å². The van der Waals surface area contributed by atoms with Gasteiger partial charge in [0.05, 0.1) is 11.0 Å². The van der Waals surface area contributed by atoms with E-state index in [1.807, 2.05) is 28.7 Å². The first-order valence-corrected chi connectivity index (χ1v) is 6.02. The minimum absolute atomic E-state index is 0.0910. The number of rotatable bonds is 3. The molecule has 1 aliphatic carbocycles. The van der Waals surface area contributed by atoms with Crippen molar-refractivity contribution in [2.75, 3.05) is 5.32 Å². The second-order valence-corrected chi connectivity index (χ2v) is 5.13.